The first-order chi connectivity index (χ1) is 13.2. The van der Waals surface area contributed by atoms with E-state index in [4.69, 9.17) is 9.47 Å². The summed E-state index contributed by atoms with van der Waals surface area (Å²) in [5.74, 6) is 6.73. The van der Waals surface area contributed by atoms with Crippen molar-refractivity contribution < 1.29 is 14.3 Å². The normalized spacial score (nSPS) is 9.81. The van der Waals surface area contributed by atoms with E-state index in [1.807, 2.05) is 24.3 Å². The minimum atomic E-state index is -0.409. The second-order valence-electron chi connectivity index (χ2n) is 6.15. The van der Waals surface area contributed by atoms with Crippen LogP contribution in [0.2, 0.25) is 0 Å². The fourth-order valence-corrected chi connectivity index (χ4v) is 2.40. The van der Waals surface area contributed by atoms with Crippen LogP contribution in [0, 0.1) is 11.8 Å². The summed E-state index contributed by atoms with van der Waals surface area (Å²) in [7, 11) is 0. The van der Waals surface area contributed by atoms with E-state index in [-0.39, 0.29) is 0 Å². The zero-order chi connectivity index (χ0) is 19.3. The number of esters is 1. The predicted molar refractivity (Wildman–Crippen MR) is 109 cm³/mol. The Bertz CT molecular complexity index is 777. The van der Waals surface area contributed by atoms with E-state index in [1.54, 1.807) is 0 Å². The van der Waals surface area contributed by atoms with E-state index in [0.29, 0.717) is 19.6 Å². The van der Waals surface area contributed by atoms with E-state index < -0.39 is 5.97 Å². The maximum Gasteiger partial charge on any atom is 0.330 e. The number of unbranched alkanes of at least 4 members (excludes halogenated alkanes) is 1. The summed E-state index contributed by atoms with van der Waals surface area (Å²) in [6.07, 6.45) is 5.35. The van der Waals surface area contributed by atoms with Crippen molar-refractivity contribution in [1.82, 2.24) is 0 Å². The molecule has 0 aromatic heterocycles. The van der Waals surface area contributed by atoms with Gasteiger partial charge >= 0.3 is 5.97 Å². The predicted octanol–water partition coefficient (Wildman–Crippen LogP) is 4.93. The van der Waals surface area contributed by atoms with Gasteiger partial charge in [0.15, 0.2) is 0 Å². The van der Waals surface area contributed by atoms with Gasteiger partial charge in [-0.3, -0.25) is 0 Å². The van der Waals surface area contributed by atoms with Gasteiger partial charge in [0.25, 0.3) is 0 Å². The Morgan fingerprint density at radius 1 is 0.963 bits per heavy atom. The standard InChI is InChI=1S/C24H26O3/c1-3-5-7-20-8-10-21(11-9-20)12-13-22-14-16-23(17-15-22)26-18-6-19-27-24(25)4-2/h4,8-11,14-17H,2-3,5-7,18-19H2,1H3. The number of aryl methyl sites for hydroxylation is 1. The van der Waals surface area contributed by atoms with Gasteiger partial charge in [-0.05, 0) is 54.8 Å². The van der Waals surface area contributed by atoms with Crippen LogP contribution in [0.4, 0.5) is 0 Å². The Morgan fingerprint density at radius 3 is 2.19 bits per heavy atom. The van der Waals surface area contributed by atoms with E-state index in [1.165, 1.54) is 18.4 Å². The van der Waals surface area contributed by atoms with Crippen LogP contribution in [0.5, 0.6) is 5.75 Å². The summed E-state index contributed by atoms with van der Waals surface area (Å²) in [5.41, 5.74) is 3.32. The molecule has 0 fully saturated rings. The van der Waals surface area contributed by atoms with Crippen LogP contribution in [-0.4, -0.2) is 19.2 Å². The zero-order valence-corrected chi connectivity index (χ0v) is 15.9. The van der Waals surface area contributed by atoms with E-state index in [2.05, 4.69) is 49.6 Å². The molecule has 27 heavy (non-hydrogen) atoms. The average Bonchev–Trinajstić information content (AvgIpc) is 2.72. The van der Waals surface area contributed by atoms with Crippen LogP contribution in [0.25, 0.3) is 0 Å². The Kier molecular flexibility index (Phi) is 8.73. The Balaban J connectivity index is 1.79. The third-order valence-corrected chi connectivity index (χ3v) is 3.95. The molecule has 2 rings (SSSR count). The lowest BCUT2D eigenvalue weighted by atomic mass is 10.1. The molecule has 0 aliphatic rings. The van der Waals surface area contributed by atoms with Crippen molar-refractivity contribution in [1.29, 1.82) is 0 Å². The smallest absolute Gasteiger partial charge is 0.330 e. The molecule has 0 radical (unpaired) electrons. The summed E-state index contributed by atoms with van der Waals surface area (Å²) < 4.78 is 10.5. The molecule has 0 saturated carbocycles. The minimum absolute atomic E-state index is 0.325. The molecule has 3 nitrogen and oxygen atoms in total. The van der Waals surface area contributed by atoms with E-state index >= 15 is 0 Å². The summed E-state index contributed by atoms with van der Waals surface area (Å²) in [6, 6.07) is 16.1. The lowest BCUT2D eigenvalue weighted by Crippen LogP contribution is -2.06. The van der Waals surface area contributed by atoms with Crippen LogP contribution >= 0.6 is 0 Å². The first-order valence-electron chi connectivity index (χ1n) is 9.34. The van der Waals surface area contributed by atoms with Gasteiger partial charge in [0.2, 0.25) is 0 Å². The van der Waals surface area contributed by atoms with Gasteiger partial charge in [-0.1, -0.05) is 43.9 Å². The van der Waals surface area contributed by atoms with Gasteiger partial charge < -0.3 is 9.47 Å². The summed E-state index contributed by atoms with van der Waals surface area (Å²) in [4.78, 5) is 10.9. The molecule has 2 aromatic carbocycles. The molecule has 0 heterocycles. The number of hydrogen-bond donors (Lipinski definition) is 0. The third kappa shape index (κ3) is 7.83. The third-order valence-electron chi connectivity index (χ3n) is 3.95. The molecule has 0 aliphatic carbocycles. The minimum Gasteiger partial charge on any atom is -0.493 e. The molecule has 0 saturated heterocycles. The number of carbonyl (C=O) groups is 1. The lowest BCUT2D eigenvalue weighted by Gasteiger charge is -2.06. The molecule has 3 heteroatoms. The van der Waals surface area contributed by atoms with Crippen LogP contribution in [0.3, 0.4) is 0 Å². The zero-order valence-electron chi connectivity index (χ0n) is 15.9. The van der Waals surface area contributed by atoms with Crippen molar-refractivity contribution in [3.8, 4) is 17.6 Å². The van der Waals surface area contributed by atoms with Crippen molar-refractivity contribution >= 4 is 5.97 Å². The van der Waals surface area contributed by atoms with Gasteiger partial charge in [-0.25, -0.2) is 4.79 Å². The highest BCUT2D eigenvalue weighted by Crippen LogP contribution is 2.12. The van der Waals surface area contributed by atoms with Crippen molar-refractivity contribution in [2.24, 2.45) is 0 Å². The van der Waals surface area contributed by atoms with Crippen LogP contribution < -0.4 is 4.74 Å². The summed E-state index contributed by atoms with van der Waals surface area (Å²) in [6.45, 7) is 6.36. The van der Waals surface area contributed by atoms with Gasteiger partial charge in [-0.15, -0.1) is 0 Å². The maximum atomic E-state index is 10.9. The number of ether oxygens (including phenoxy) is 2. The Hall–Kier alpha value is -2.99. The topological polar surface area (TPSA) is 35.5 Å². The van der Waals surface area contributed by atoms with Gasteiger partial charge in [0.1, 0.15) is 5.75 Å². The molecule has 0 amide bonds. The molecule has 140 valence electrons. The average molecular weight is 362 g/mol. The number of benzene rings is 2. The lowest BCUT2D eigenvalue weighted by molar-refractivity contribution is -0.137. The second-order valence-corrected chi connectivity index (χ2v) is 6.15. The molecule has 0 N–H and O–H groups in total. The molecular formula is C24H26O3. The molecule has 0 atom stereocenters. The fraction of sp³-hybridized carbons (Fsp3) is 0.292. The number of rotatable bonds is 9. The van der Waals surface area contributed by atoms with Crippen molar-refractivity contribution in [2.45, 2.75) is 32.6 Å². The highest BCUT2D eigenvalue weighted by molar-refractivity contribution is 5.81. The SMILES string of the molecule is C=CC(=O)OCCCOc1ccc(C#Cc2ccc(CCCC)cc2)cc1. The molecule has 0 bridgehead atoms. The number of hydrogen-bond acceptors (Lipinski definition) is 3. The first-order valence-corrected chi connectivity index (χ1v) is 9.34. The first kappa shape index (κ1) is 20.3. The van der Waals surface area contributed by atoms with Gasteiger partial charge in [0.05, 0.1) is 13.2 Å². The van der Waals surface area contributed by atoms with Crippen molar-refractivity contribution in [3.63, 3.8) is 0 Å². The Labute approximate surface area is 162 Å². The summed E-state index contributed by atoms with van der Waals surface area (Å²) >= 11 is 0. The molecule has 0 aliphatic heterocycles. The molecule has 0 spiro atoms. The van der Waals surface area contributed by atoms with Crippen LogP contribution in [0.1, 0.15) is 42.9 Å². The highest BCUT2D eigenvalue weighted by Gasteiger charge is 1.97. The van der Waals surface area contributed by atoms with Crippen LogP contribution in [0.15, 0.2) is 61.2 Å². The van der Waals surface area contributed by atoms with Gasteiger partial charge in [0, 0.05) is 23.6 Å². The van der Waals surface area contributed by atoms with Crippen LogP contribution in [-0.2, 0) is 16.0 Å². The van der Waals surface area contributed by atoms with E-state index in [0.717, 1.165) is 29.4 Å². The van der Waals surface area contributed by atoms with Crippen molar-refractivity contribution in [2.75, 3.05) is 13.2 Å². The molecule has 0 unspecified atom stereocenters. The highest BCUT2D eigenvalue weighted by atomic mass is 16.5. The quantitative estimate of drug-likeness (QED) is 0.275. The molecule has 2 aromatic rings. The fourth-order valence-electron chi connectivity index (χ4n) is 2.40. The second kappa shape index (κ2) is 11.6. The van der Waals surface area contributed by atoms with Crippen molar-refractivity contribution in [3.05, 3.63) is 77.9 Å². The van der Waals surface area contributed by atoms with Gasteiger partial charge in [-0.2, -0.15) is 0 Å². The monoisotopic (exact) mass is 362 g/mol. The molecular weight excluding hydrogens is 336 g/mol. The van der Waals surface area contributed by atoms with E-state index in [9.17, 15) is 4.79 Å². The maximum absolute atomic E-state index is 10.9. The largest absolute Gasteiger partial charge is 0.493 e. The Morgan fingerprint density at radius 2 is 1.59 bits per heavy atom. The summed E-state index contributed by atoms with van der Waals surface area (Å²) in [5, 5.41) is 0. The number of carbonyl (C=O) groups excluding carboxylic acids is 1.